The van der Waals surface area contributed by atoms with Crippen LogP contribution in [0, 0.1) is 6.92 Å². The number of carbonyl (C=O) groups excluding carboxylic acids is 2. The van der Waals surface area contributed by atoms with E-state index in [-0.39, 0.29) is 22.3 Å². The summed E-state index contributed by atoms with van der Waals surface area (Å²) in [6.45, 7) is 3.11. The van der Waals surface area contributed by atoms with E-state index in [1.165, 1.54) is 14.0 Å². The van der Waals surface area contributed by atoms with Gasteiger partial charge in [0.15, 0.2) is 5.82 Å². The minimum atomic E-state index is -0.512. The summed E-state index contributed by atoms with van der Waals surface area (Å²) in [4.78, 5) is 43.2. The third-order valence-corrected chi connectivity index (χ3v) is 5.38. The predicted molar refractivity (Wildman–Crippen MR) is 111 cm³/mol. The number of halogens is 1. The Balaban J connectivity index is 1.98. The summed E-state index contributed by atoms with van der Waals surface area (Å²) in [5, 5.41) is 3.26. The highest BCUT2D eigenvalue weighted by Gasteiger charge is 2.20. The highest BCUT2D eigenvalue weighted by molar-refractivity contribution is 7.20. The first-order chi connectivity index (χ1) is 13.3. The zero-order valence-corrected chi connectivity index (χ0v) is 16.8. The van der Waals surface area contributed by atoms with Gasteiger partial charge in [0, 0.05) is 12.6 Å². The van der Waals surface area contributed by atoms with Crippen LogP contribution in [-0.2, 0) is 9.53 Å². The minimum absolute atomic E-state index is 0.158. The normalized spacial score (nSPS) is 11.5. The number of methoxy groups -OCH3 is 1. The molecule has 0 aliphatic heterocycles. The molecule has 0 spiro atoms. The topological polar surface area (TPSA) is 101 Å². The van der Waals surface area contributed by atoms with E-state index in [9.17, 15) is 14.4 Å². The average molecular weight is 418 g/mol. The number of ether oxygens (including phenoxy) is 1. The van der Waals surface area contributed by atoms with E-state index in [2.05, 4.69) is 15.3 Å². The van der Waals surface area contributed by atoms with Gasteiger partial charge in [0.2, 0.25) is 5.91 Å². The Kier molecular flexibility index (Phi) is 5.62. The molecule has 2 heterocycles. The zero-order chi connectivity index (χ0) is 20.4. The third-order valence-electron chi connectivity index (χ3n) is 3.92. The van der Waals surface area contributed by atoms with Crippen molar-refractivity contribution in [2.24, 2.45) is 0 Å². The van der Waals surface area contributed by atoms with E-state index in [0.717, 1.165) is 16.9 Å². The standard InChI is InChI=1S/C19H16ClN3O4S/c1-9-14-17(25)22-16(23-18(14)28-15(9)19(26)27-3)13(20)8-11-4-6-12(7-5-11)21-10(2)24/h4-8H,1-3H3,(H,21,24)(H,22,23,25)/b13-8-. The van der Waals surface area contributed by atoms with E-state index in [4.69, 9.17) is 16.3 Å². The van der Waals surface area contributed by atoms with Gasteiger partial charge in [-0.3, -0.25) is 9.59 Å². The highest BCUT2D eigenvalue weighted by atomic mass is 35.5. The summed E-state index contributed by atoms with van der Waals surface area (Å²) in [6.07, 6.45) is 1.64. The van der Waals surface area contributed by atoms with E-state index in [1.54, 1.807) is 37.3 Å². The van der Waals surface area contributed by atoms with E-state index < -0.39 is 5.97 Å². The predicted octanol–water partition coefficient (Wildman–Crippen LogP) is 3.77. The SMILES string of the molecule is COC(=O)c1sc2nc(/C(Cl)=C/c3ccc(NC(C)=O)cc3)[nH]c(=O)c2c1C. The molecule has 2 N–H and O–H groups in total. The number of nitrogens with one attached hydrogen (secondary N) is 2. The van der Waals surface area contributed by atoms with Gasteiger partial charge in [0.05, 0.1) is 17.5 Å². The second-order valence-electron chi connectivity index (χ2n) is 5.94. The lowest BCUT2D eigenvalue weighted by Crippen LogP contribution is -2.10. The molecule has 0 aliphatic rings. The fourth-order valence-corrected chi connectivity index (χ4v) is 3.94. The van der Waals surface area contributed by atoms with E-state index in [0.29, 0.717) is 26.3 Å². The summed E-state index contributed by atoms with van der Waals surface area (Å²) < 4.78 is 4.74. The third kappa shape index (κ3) is 3.97. The largest absolute Gasteiger partial charge is 0.465 e. The fraction of sp³-hybridized carbons (Fsp3) is 0.158. The summed E-state index contributed by atoms with van der Waals surface area (Å²) in [5.41, 5.74) is 1.58. The molecular weight excluding hydrogens is 402 g/mol. The Morgan fingerprint density at radius 3 is 2.57 bits per heavy atom. The Labute approximate surface area is 169 Å². The van der Waals surface area contributed by atoms with Gasteiger partial charge in [-0.15, -0.1) is 11.3 Å². The number of H-pyrrole nitrogens is 1. The van der Waals surface area contributed by atoms with Crippen LogP contribution < -0.4 is 10.9 Å². The van der Waals surface area contributed by atoms with Gasteiger partial charge in [-0.1, -0.05) is 23.7 Å². The van der Waals surface area contributed by atoms with Gasteiger partial charge in [-0.2, -0.15) is 0 Å². The Morgan fingerprint density at radius 2 is 1.96 bits per heavy atom. The number of hydrogen-bond acceptors (Lipinski definition) is 6. The number of aromatic amines is 1. The number of nitrogens with zero attached hydrogens (tertiary/aromatic N) is 1. The van der Waals surface area contributed by atoms with Gasteiger partial charge in [-0.05, 0) is 36.3 Å². The Bertz CT molecular complexity index is 1160. The van der Waals surface area contributed by atoms with Crippen molar-refractivity contribution in [1.82, 2.24) is 9.97 Å². The second-order valence-corrected chi connectivity index (χ2v) is 7.34. The van der Waals surface area contributed by atoms with Gasteiger partial charge < -0.3 is 15.0 Å². The molecule has 0 atom stereocenters. The van der Waals surface area contributed by atoms with Crippen LogP contribution in [0.25, 0.3) is 21.3 Å². The molecule has 7 nitrogen and oxygen atoms in total. The molecule has 3 aromatic rings. The number of aromatic nitrogens is 2. The van der Waals surface area contributed by atoms with Crippen LogP contribution in [-0.4, -0.2) is 29.0 Å². The molecule has 28 heavy (non-hydrogen) atoms. The number of amides is 1. The van der Waals surface area contributed by atoms with Crippen LogP contribution in [0.5, 0.6) is 0 Å². The van der Waals surface area contributed by atoms with Crippen molar-refractivity contribution in [2.45, 2.75) is 13.8 Å². The lowest BCUT2D eigenvalue weighted by molar-refractivity contribution is -0.114. The van der Waals surface area contributed by atoms with Crippen molar-refractivity contribution in [1.29, 1.82) is 0 Å². The molecule has 1 aromatic carbocycles. The lowest BCUT2D eigenvalue weighted by atomic mass is 10.2. The Hall–Kier alpha value is -2.97. The van der Waals surface area contributed by atoms with Gasteiger partial charge in [0.1, 0.15) is 9.71 Å². The van der Waals surface area contributed by atoms with Crippen molar-refractivity contribution in [3.8, 4) is 0 Å². The van der Waals surface area contributed by atoms with Crippen molar-refractivity contribution >= 4 is 61.8 Å². The van der Waals surface area contributed by atoms with Gasteiger partial charge >= 0.3 is 5.97 Å². The number of rotatable bonds is 4. The summed E-state index contributed by atoms with van der Waals surface area (Å²) in [5.74, 6) is -0.473. The van der Waals surface area contributed by atoms with Crippen LogP contribution >= 0.6 is 22.9 Å². The first-order valence-corrected chi connectivity index (χ1v) is 9.36. The average Bonchev–Trinajstić information content (AvgIpc) is 2.99. The molecule has 3 rings (SSSR count). The molecule has 1 amide bonds. The smallest absolute Gasteiger partial charge is 0.348 e. The molecule has 0 radical (unpaired) electrons. The van der Waals surface area contributed by atoms with E-state index >= 15 is 0 Å². The fourth-order valence-electron chi connectivity index (χ4n) is 2.63. The molecule has 0 unspecified atom stereocenters. The number of anilines is 1. The maximum atomic E-state index is 12.5. The number of benzene rings is 1. The summed E-state index contributed by atoms with van der Waals surface area (Å²) in [7, 11) is 1.28. The molecular formula is C19H16ClN3O4S. The van der Waals surface area contributed by atoms with Crippen LogP contribution in [0.3, 0.4) is 0 Å². The number of carbonyl (C=O) groups is 2. The van der Waals surface area contributed by atoms with Gasteiger partial charge in [-0.25, -0.2) is 9.78 Å². The molecule has 0 saturated heterocycles. The number of thiophene rings is 1. The van der Waals surface area contributed by atoms with E-state index in [1.807, 2.05) is 0 Å². The van der Waals surface area contributed by atoms with Crippen LogP contribution in [0.4, 0.5) is 5.69 Å². The molecule has 144 valence electrons. The van der Waals surface area contributed by atoms with Crippen LogP contribution in [0.1, 0.15) is 33.5 Å². The number of fused-ring (bicyclic) bond motifs is 1. The zero-order valence-electron chi connectivity index (χ0n) is 15.3. The van der Waals surface area contributed by atoms with Crippen molar-refractivity contribution in [3.05, 3.63) is 56.4 Å². The quantitative estimate of drug-likeness (QED) is 0.629. The summed E-state index contributed by atoms with van der Waals surface area (Å²) in [6, 6.07) is 7.02. The minimum Gasteiger partial charge on any atom is -0.465 e. The van der Waals surface area contributed by atoms with Gasteiger partial charge in [0.25, 0.3) is 5.56 Å². The lowest BCUT2D eigenvalue weighted by Gasteiger charge is -2.03. The monoisotopic (exact) mass is 417 g/mol. The maximum Gasteiger partial charge on any atom is 0.348 e. The van der Waals surface area contributed by atoms with Crippen molar-refractivity contribution in [2.75, 3.05) is 12.4 Å². The molecule has 0 saturated carbocycles. The molecule has 2 aromatic heterocycles. The first-order valence-electron chi connectivity index (χ1n) is 8.17. The van der Waals surface area contributed by atoms with Crippen molar-refractivity contribution < 1.29 is 14.3 Å². The first kappa shape index (κ1) is 19.8. The number of aryl methyl sites for hydroxylation is 1. The molecule has 0 fully saturated rings. The summed E-state index contributed by atoms with van der Waals surface area (Å²) >= 11 is 7.43. The van der Waals surface area contributed by atoms with Crippen molar-refractivity contribution in [3.63, 3.8) is 0 Å². The molecule has 9 heteroatoms. The maximum absolute atomic E-state index is 12.5. The highest BCUT2D eigenvalue weighted by Crippen LogP contribution is 2.29. The van der Waals surface area contributed by atoms with Crippen LogP contribution in [0.15, 0.2) is 29.1 Å². The Morgan fingerprint density at radius 1 is 1.29 bits per heavy atom. The van der Waals surface area contributed by atoms with Crippen LogP contribution in [0.2, 0.25) is 0 Å². The molecule has 0 bridgehead atoms. The number of hydrogen-bond donors (Lipinski definition) is 2. The molecule has 0 aliphatic carbocycles. The second kappa shape index (κ2) is 7.95. The number of esters is 1.